The third-order valence-electron chi connectivity index (χ3n) is 2.90. The van der Waals surface area contributed by atoms with E-state index in [0.717, 1.165) is 16.6 Å². The fourth-order valence-electron chi connectivity index (χ4n) is 1.86. The van der Waals surface area contributed by atoms with E-state index in [1.54, 1.807) is 0 Å². The molecular weight excluding hydrogens is 304 g/mol. The Morgan fingerprint density at radius 2 is 1.94 bits per heavy atom. The number of nitrogens with two attached hydrogens (primary N) is 1. The van der Waals surface area contributed by atoms with E-state index in [1.165, 1.54) is 0 Å². The highest BCUT2D eigenvalue weighted by molar-refractivity contribution is 9.10. The average molecular weight is 319 g/mol. The highest BCUT2D eigenvalue weighted by atomic mass is 79.9. The molecule has 2 rings (SSSR count). The van der Waals surface area contributed by atoms with Gasteiger partial charge in [-0.2, -0.15) is 0 Å². The van der Waals surface area contributed by atoms with Crippen LogP contribution in [0.15, 0.2) is 22.7 Å². The molecule has 17 heavy (non-hydrogen) atoms. The van der Waals surface area contributed by atoms with Gasteiger partial charge in [-0.25, -0.2) is 8.42 Å². The van der Waals surface area contributed by atoms with Crippen molar-refractivity contribution in [1.29, 1.82) is 0 Å². The molecule has 2 N–H and O–H groups in total. The first kappa shape index (κ1) is 12.9. The number of benzene rings is 1. The molecule has 1 aliphatic rings. The van der Waals surface area contributed by atoms with E-state index < -0.39 is 9.84 Å². The van der Waals surface area contributed by atoms with Gasteiger partial charge in [0.1, 0.15) is 0 Å². The maximum Gasteiger partial charge on any atom is 0.152 e. The molecule has 0 unspecified atom stereocenters. The zero-order chi connectivity index (χ0) is 12.5. The van der Waals surface area contributed by atoms with Crippen LogP contribution < -0.4 is 5.73 Å². The Hall–Kier alpha value is -0.590. The zero-order valence-corrected chi connectivity index (χ0v) is 11.8. The Balaban J connectivity index is 2.00. The van der Waals surface area contributed by atoms with Crippen molar-refractivity contribution in [3.8, 4) is 0 Å². The fraction of sp³-hybridized carbons (Fsp3) is 0.455. The van der Waals surface area contributed by atoms with Crippen LogP contribution in [-0.2, 0) is 16.4 Å². The van der Waals surface area contributed by atoms with Crippen LogP contribution in [0.4, 0.5) is 5.69 Å². The number of nitrogen functional groups attached to an aromatic ring is 1. The second kappa shape index (κ2) is 4.96. The quantitative estimate of drug-likeness (QED) is 0.834. The Bertz CT molecular complexity index is 502. The average Bonchev–Trinajstić information content (AvgIpc) is 2.27. The van der Waals surface area contributed by atoms with E-state index in [2.05, 4.69) is 20.8 Å². The molecule has 0 radical (unpaired) electrons. The van der Waals surface area contributed by atoms with Gasteiger partial charge in [0.2, 0.25) is 0 Å². The zero-order valence-electron chi connectivity index (χ0n) is 9.39. The summed E-state index contributed by atoms with van der Waals surface area (Å²) in [6, 6.07) is 5.85. The van der Waals surface area contributed by atoms with Crippen molar-refractivity contribution in [2.24, 2.45) is 0 Å². The van der Waals surface area contributed by atoms with Gasteiger partial charge < -0.3 is 5.73 Å². The molecule has 1 aromatic rings. The lowest BCUT2D eigenvalue weighted by molar-refractivity contribution is 0.288. The van der Waals surface area contributed by atoms with E-state index in [0.29, 0.717) is 18.8 Å². The van der Waals surface area contributed by atoms with Gasteiger partial charge in [-0.1, -0.05) is 6.07 Å². The molecule has 1 aliphatic heterocycles. The largest absolute Gasteiger partial charge is 0.398 e. The van der Waals surface area contributed by atoms with E-state index >= 15 is 0 Å². The third kappa shape index (κ3) is 3.43. The van der Waals surface area contributed by atoms with Gasteiger partial charge in [-0.3, -0.25) is 4.90 Å². The van der Waals surface area contributed by atoms with E-state index in [-0.39, 0.29) is 11.5 Å². The Labute approximate surface area is 110 Å². The number of sulfone groups is 1. The van der Waals surface area contributed by atoms with Crippen molar-refractivity contribution < 1.29 is 8.42 Å². The van der Waals surface area contributed by atoms with E-state index in [4.69, 9.17) is 5.73 Å². The third-order valence-corrected chi connectivity index (χ3v) is 5.23. The van der Waals surface area contributed by atoms with Crippen LogP contribution in [0.3, 0.4) is 0 Å². The molecule has 6 heteroatoms. The normalized spacial score (nSPS) is 20.3. The minimum atomic E-state index is -2.80. The van der Waals surface area contributed by atoms with Crippen molar-refractivity contribution >= 4 is 31.5 Å². The lowest BCUT2D eigenvalue weighted by atomic mass is 10.2. The molecule has 1 fully saturated rings. The highest BCUT2D eigenvalue weighted by Crippen LogP contribution is 2.21. The fourth-order valence-corrected chi connectivity index (χ4v) is 3.38. The monoisotopic (exact) mass is 318 g/mol. The lowest BCUT2D eigenvalue weighted by Gasteiger charge is -2.26. The molecule has 0 aliphatic carbocycles. The van der Waals surface area contributed by atoms with Gasteiger partial charge >= 0.3 is 0 Å². The minimum absolute atomic E-state index is 0.263. The van der Waals surface area contributed by atoms with Crippen LogP contribution in [0.5, 0.6) is 0 Å². The summed E-state index contributed by atoms with van der Waals surface area (Å²) in [5.41, 5.74) is 7.64. The van der Waals surface area contributed by atoms with E-state index in [9.17, 15) is 8.42 Å². The maximum atomic E-state index is 11.3. The maximum absolute atomic E-state index is 11.3. The molecule has 0 atom stereocenters. The van der Waals surface area contributed by atoms with Crippen LogP contribution in [0.1, 0.15) is 5.56 Å². The summed E-state index contributed by atoms with van der Waals surface area (Å²) >= 11 is 3.35. The molecule has 1 aromatic carbocycles. The highest BCUT2D eigenvalue weighted by Gasteiger charge is 2.21. The molecule has 0 amide bonds. The van der Waals surface area contributed by atoms with Crippen LogP contribution in [0, 0.1) is 0 Å². The molecule has 1 saturated heterocycles. The molecule has 0 spiro atoms. The first-order valence-corrected chi connectivity index (χ1v) is 8.04. The molecular formula is C11H15BrN2O2S. The SMILES string of the molecule is Nc1cc(CN2CCS(=O)(=O)CC2)ccc1Br. The predicted octanol–water partition coefficient (Wildman–Crippen LogP) is 1.26. The first-order valence-electron chi connectivity index (χ1n) is 5.43. The van der Waals surface area contributed by atoms with Crippen molar-refractivity contribution in [3.05, 3.63) is 28.2 Å². The topological polar surface area (TPSA) is 63.4 Å². The summed E-state index contributed by atoms with van der Waals surface area (Å²) in [7, 11) is -2.80. The Morgan fingerprint density at radius 1 is 1.29 bits per heavy atom. The molecule has 1 heterocycles. The first-order chi connectivity index (χ1) is 7.96. The van der Waals surface area contributed by atoms with Gasteiger partial charge in [0, 0.05) is 29.8 Å². The number of hydrogen-bond donors (Lipinski definition) is 1. The van der Waals surface area contributed by atoms with Gasteiger partial charge in [0.15, 0.2) is 9.84 Å². The van der Waals surface area contributed by atoms with Crippen LogP contribution in [-0.4, -0.2) is 37.9 Å². The smallest absolute Gasteiger partial charge is 0.152 e. The summed E-state index contributed by atoms with van der Waals surface area (Å²) in [5.74, 6) is 0.526. The molecule has 0 saturated carbocycles. The number of rotatable bonds is 2. The minimum Gasteiger partial charge on any atom is -0.398 e. The van der Waals surface area contributed by atoms with Crippen LogP contribution in [0.2, 0.25) is 0 Å². The van der Waals surface area contributed by atoms with Crippen LogP contribution in [0.25, 0.3) is 0 Å². The number of halogens is 1. The summed E-state index contributed by atoms with van der Waals surface area (Å²) in [4.78, 5) is 2.14. The predicted molar refractivity (Wildman–Crippen MR) is 72.5 cm³/mol. The Kier molecular flexibility index (Phi) is 3.75. The Morgan fingerprint density at radius 3 is 2.53 bits per heavy atom. The van der Waals surface area contributed by atoms with Gasteiger partial charge in [0.05, 0.1) is 11.5 Å². The molecule has 94 valence electrons. The summed E-state index contributed by atoms with van der Waals surface area (Å²) in [6.07, 6.45) is 0. The van der Waals surface area contributed by atoms with Crippen molar-refractivity contribution in [2.75, 3.05) is 30.3 Å². The second-order valence-electron chi connectivity index (χ2n) is 4.28. The lowest BCUT2D eigenvalue weighted by Crippen LogP contribution is -2.39. The summed E-state index contributed by atoms with van der Waals surface area (Å²) in [5, 5.41) is 0. The standard InChI is InChI=1S/C11H15BrN2O2S/c12-10-2-1-9(7-11(10)13)8-14-3-5-17(15,16)6-4-14/h1-2,7H,3-6,8,13H2. The molecule has 0 bridgehead atoms. The van der Waals surface area contributed by atoms with Crippen LogP contribution >= 0.6 is 15.9 Å². The van der Waals surface area contributed by atoms with Crippen molar-refractivity contribution in [2.45, 2.75) is 6.54 Å². The number of nitrogens with zero attached hydrogens (tertiary/aromatic N) is 1. The number of anilines is 1. The van der Waals surface area contributed by atoms with E-state index in [1.807, 2.05) is 18.2 Å². The molecule has 0 aromatic heterocycles. The van der Waals surface area contributed by atoms with Gasteiger partial charge in [-0.15, -0.1) is 0 Å². The van der Waals surface area contributed by atoms with Crippen molar-refractivity contribution in [1.82, 2.24) is 4.90 Å². The van der Waals surface area contributed by atoms with Gasteiger partial charge in [-0.05, 0) is 33.6 Å². The van der Waals surface area contributed by atoms with Gasteiger partial charge in [0.25, 0.3) is 0 Å². The molecule has 4 nitrogen and oxygen atoms in total. The second-order valence-corrected chi connectivity index (χ2v) is 7.44. The van der Waals surface area contributed by atoms with Crippen molar-refractivity contribution in [3.63, 3.8) is 0 Å². The summed E-state index contributed by atoms with van der Waals surface area (Å²) < 4.78 is 23.5. The number of hydrogen-bond acceptors (Lipinski definition) is 4. The summed E-state index contributed by atoms with van der Waals surface area (Å²) in [6.45, 7) is 1.98.